The Morgan fingerprint density at radius 3 is 2.74 bits per heavy atom. The Labute approximate surface area is 150 Å². The summed E-state index contributed by atoms with van der Waals surface area (Å²) in [5.74, 6) is 0.771. The molecule has 0 saturated carbocycles. The standard InChI is InChI=1S/C15H21Cl2N5S/c1-4-18-15(19-6-5-11-9-23-10(2)21-11)20-8-12-7-13(16)14(17)22(12)3/h7,9H,4-6,8H2,1-3H3,(H2,18,19,20). The summed E-state index contributed by atoms with van der Waals surface area (Å²) in [6, 6.07) is 1.84. The number of aliphatic imine (C=N–C) groups is 1. The molecule has 0 saturated heterocycles. The van der Waals surface area contributed by atoms with Crippen molar-refractivity contribution in [3.05, 3.63) is 38.0 Å². The van der Waals surface area contributed by atoms with Crippen LogP contribution >= 0.6 is 34.5 Å². The molecule has 0 bridgehead atoms. The Hall–Kier alpha value is -1.24. The SMILES string of the molecule is CCNC(=NCc1cc(Cl)c(Cl)n1C)NCCc1csc(C)n1. The predicted molar refractivity (Wildman–Crippen MR) is 98.8 cm³/mol. The molecule has 2 rings (SSSR count). The Balaban J connectivity index is 1.92. The number of nitrogens with one attached hydrogen (secondary N) is 2. The Morgan fingerprint density at radius 2 is 2.17 bits per heavy atom. The molecule has 8 heteroatoms. The fourth-order valence-corrected chi connectivity index (χ4v) is 3.14. The van der Waals surface area contributed by atoms with Crippen molar-refractivity contribution >= 4 is 40.5 Å². The molecular formula is C15H21Cl2N5S. The van der Waals surface area contributed by atoms with Crippen molar-refractivity contribution in [3.63, 3.8) is 0 Å². The van der Waals surface area contributed by atoms with E-state index in [1.807, 2.05) is 31.5 Å². The van der Waals surface area contributed by atoms with E-state index in [4.69, 9.17) is 23.2 Å². The van der Waals surface area contributed by atoms with Crippen LogP contribution in [-0.4, -0.2) is 28.6 Å². The van der Waals surface area contributed by atoms with Crippen molar-refractivity contribution in [2.45, 2.75) is 26.8 Å². The van der Waals surface area contributed by atoms with E-state index in [2.05, 4.69) is 26.0 Å². The van der Waals surface area contributed by atoms with Gasteiger partial charge < -0.3 is 15.2 Å². The summed E-state index contributed by atoms with van der Waals surface area (Å²) in [4.78, 5) is 9.03. The van der Waals surface area contributed by atoms with Gasteiger partial charge in [-0.3, -0.25) is 0 Å². The molecule has 0 radical (unpaired) electrons. The van der Waals surface area contributed by atoms with Crippen LogP contribution in [0.1, 0.15) is 23.3 Å². The normalized spacial score (nSPS) is 11.8. The van der Waals surface area contributed by atoms with Crippen LogP contribution in [-0.2, 0) is 20.0 Å². The van der Waals surface area contributed by atoms with Gasteiger partial charge in [-0.05, 0) is 19.9 Å². The van der Waals surface area contributed by atoms with Gasteiger partial charge in [0.2, 0.25) is 0 Å². The number of nitrogens with zero attached hydrogens (tertiary/aromatic N) is 3. The number of guanidine groups is 1. The van der Waals surface area contributed by atoms with E-state index < -0.39 is 0 Å². The number of thiazole rings is 1. The highest BCUT2D eigenvalue weighted by Gasteiger charge is 2.08. The van der Waals surface area contributed by atoms with E-state index >= 15 is 0 Å². The first-order valence-corrected chi connectivity index (χ1v) is 9.07. The molecule has 126 valence electrons. The largest absolute Gasteiger partial charge is 0.357 e. The van der Waals surface area contributed by atoms with Crippen LogP contribution in [0, 0.1) is 6.92 Å². The lowest BCUT2D eigenvalue weighted by Gasteiger charge is -2.11. The highest BCUT2D eigenvalue weighted by atomic mass is 35.5. The maximum Gasteiger partial charge on any atom is 0.191 e. The van der Waals surface area contributed by atoms with Gasteiger partial charge >= 0.3 is 0 Å². The van der Waals surface area contributed by atoms with Gasteiger partial charge in [-0.1, -0.05) is 23.2 Å². The third-order valence-corrected chi connectivity index (χ3v) is 4.96. The van der Waals surface area contributed by atoms with Crippen molar-refractivity contribution in [1.82, 2.24) is 20.2 Å². The molecule has 0 unspecified atom stereocenters. The van der Waals surface area contributed by atoms with E-state index in [1.54, 1.807) is 11.3 Å². The highest BCUT2D eigenvalue weighted by Crippen LogP contribution is 2.25. The molecule has 2 aromatic rings. The average Bonchev–Trinajstić information content (AvgIpc) is 3.04. The fourth-order valence-electron chi connectivity index (χ4n) is 2.07. The maximum absolute atomic E-state index is 6.07. The third kappa shape index (κ3) is 5.12. The molecule has 0 amide bonds. The van der Waals surface area contributed by atoms with Crippen LogP contribution in [0.25, 0.3) is 0 Å². The lowest BCUT2D eigenvalue weighted by Crippen LogP contribution is -2.38. The van der Waals surface area contributed by atoms with E-state index in [9.17, 15) is 0 Å². The molecule has 0 atom stereocenters. The van der Waals surface area contributed by atoms with Gasteiger partial charge in [0.25, 0.3) is 0 Å². The van der Waals surface area contributed by atoms with E-state index in [0.717, 1.165) is 41.9 Å². The number of hydrogen-bond acceptors (Lipinski definition) is 3. The molecule has 2 N–H and O–H groups in total. The molecule has 0 aliphatic rings. The summed E-state index contributed by atoms with van der Waals surface area (Å²) in [7, 11) is 1.88. The molecule has 0 spiro atoms. The number of halogens is 2. The molecule has 2 heterocycles. The Kier molecular flexibility index (Phi) is 6.74. The number of aryl methyl sites for hydroxylation is 1. The van der Waals surface area contributed by atoms with Crippen molar-refractivity contribution < 1.29 is 0 Å². The number of hydrogen-bond donors (Lipinski definition) is 2. The number of aromatic nitrogens is 2. The third-order valence-electron chi connectivity index (χ3n) is 3.30. The van der Waals surface area contributed by atoms with Gasteiger partial charge in [0, 0.05) is 37.6 Å². The lowest BCUT2D eigenvalue weighted by molar-refractivity contribution is 0.774. The molecule has 5 nitrogen and oxygen atoms in total. The second-order valence-electron chi connectivity index (χ2n) is 5.06. The van der Waals surface area contributed by atoms with Crippen LogP contribution in [0.5, 0.6) is 0 Å². The van der Waals surface area contributed by atoms with Crippen molar-refractivity contribution in [2.75, 3.05) is 13.1 Å². The zero-order valence-corrected chi connectivity index (χ0v) is 15.8. The minimum Gasteiger partial charge on any atom is -0.357 e. The first kappa shape index (κ1) is 18.1. The predicted octanol–water partition coefficient (Wildman–Crippen LogP) is 3.39. The topological polar surface area (TPSA) is 54.2 Å². The van der Waals surface area contributed by atoms with Crippen LogP contribution < -0.4 is 10.6 Å². The average molecular weight is 374 g/mol. The van der Waals surface area contributed by atoms with Gasteiger partial charge in [0.05, 0.1) is 22.3 Å². The minimum atomic E-state index is 0.508. The van der Waals surface area contributed by atoms with E-state index in [0.29, 0.717) is 16.7 Å². The molecule has 0 aromatic carbocycles. The van der Waals surface area contributed by atoms with Crippen molar-refractivity contribution in [3.8, 4) is 0 Å². The van der Waals surface area contributed by atoms with Crippen LogP contribution in [0.4, 0.5) is 0 Å². The van der Waals surface area contributed by atoms with Crippen LogP contribution in [0.3, 0.4) is 0 Å². The summed E-state index contributed by atoms with van der Waals surface area (Å²) in [5, 5.41) is 10.8. The summed E-state index contributed by atoms with van der Waals surface area (Å²) in [6.45, 7) is 6.15. The van der Waals surface area contributed by atoms with Gasteiger partial charge in [0.1, 0.15) is 5.15 Å². The molecular weight excluding hydrogens is 353 g/mol. The zero-order valence-electron chi connectivity index (χ0n) is 13.5. The monoisotopic (exact) mass is 373 g/mol. The molecule has 2 aromatic heterocycles. The van der Waals surface area contributed by atoms with E-state index in [-0.39, 0.29) is 0 Å². The van der Waals surface area contributed by atoms with Crippen molar-refractivity contribution in [2.24, 2.45) is 12.0 Å². The summed E-state index contributed by atoms with van der Waals surface area (Å²) >= 11 is 13.8. The van der Waals surface area contributed by atoms with Gasteiger partial charge in [0.15, 0.2) is 5.96 Å². The minimum absolute atomic E-state index is 0.508. The Morgan fingerprint density at radius 1 is 1.39 bits per heavy atom. The first-order valence-electron chi connectivity index (χ1n) is 7.44. The Bertz CT molecular complexity index is 677. The van der Waals surface area contributed by atoms with E-state index in [1.165, 1.54) is 0 Å². The maximum atomic E-state index is 6.07. The second kappa shape index (κ2) is 8.57. The summed E-state index contributed by atoms with van der Waals surface area (Å²) < 4.78 is 1.84. The van der Waals surface area contributed by atoms with Gasteiger partial charge in [-0.25, -0.2) is 9.98 Å². The lowest BCUT2D eigenvalue weighted by atomic mass is 10.3. The molecule has 0 aliphatic heterocycles. The zero-order chi connectivity index (χ0) is 16.8. The molecule has 0 aliphatic carbocycles. The quantitative estimate of drug-likeness (QED) is 0.602. The second-order valence-corrected chi connectivity index (χ2v) is 6.89. The molecule has 23 heavy (non-hydrogen) atoms. The van der Waals surface area contributed by atoms with Gasteiger partial charge in [-0.15, -0.1) is 11.3 Å². The van der Waals surface area contributed by atoms with Crippen LogP contribution in [0.2, 0.25) is 10.2 Å². The van der Waals surface area contributed by atoms with Crippen LogP contribution in [0.15, 0.2) is 16.4 Å². The van der Waals surface area contributed by atoms with Crippen molar-refractivity contribution in [1.29, 1.82) is 0 Å². The summed E-state index contributed by atoms with van der Waals surface area (Å²) in [6.07, 6.45) is 0.872. The first-order chi connectivity index (χ1) is 11.0. The number of rotatable bonds is 6. The highest BCUT2D eigenvalue weighted by molar-refractivity contribution is 7.09. The fraction of sp³-hybridized carbons (Fsp3) is 0.467. The van der Waals surface area contributed by atoms with Gasteiger partial charge in [-0.2, -0.15) is 0 Å². The molecule has 0 fully saturated rings. The summed E-state index contributed by atoms with van der Waals surface area (Å²) in [5.41, 5.74) is 2.07. The smallest absolute Gasteiger partial charge is 0.191 e.